The van der Waals surface area contributed by atoms with Crippen LogP contribution in [0.15, 0.2) is 60.7 Å². The zero-order valence-electron chi connectivity index (χ0n) is 11.9. The standard InChI is InChI=1S/C18H23N/c1-16(2)19(18-13-7-4-8-14-18)15-9-12-17-10-5-3-6-11-17/h3-8,10-11,13-14,16H,9,12,15H2,1-2H3. The molecule has 0 aliphatic heterocycles. The Morgan fingerprint density at radius 2 is 1.42 bits per heavy atom. The molecule has 0 heterocycles. The van der Waals surface area contributed by atoms with Gasteiger partial charge < -0.3 is 4.90 Å². The van der Waals surface area contributed by atoms with Gasteiger partial charge in [-0.25, -0.2) is 0 Å². The molecule has 1 heteroatoms. The number of hydrogen-bond acceptors (Lipinski definition) is 1. The molecule has 2 aromatic carbocycles. The minimum atomic E-state index is 0.540. The quantitative estimate of drug-likeness (QED) is 0.731. The summed E-state index contributed by atoms with van der Waals surface area (Å²) in [5, 5.41) is 0. The van der Waals surface area contributed by atoms with Crippen molar-refractivity contribution in [1.29, 1.82) is 0 Å². The molecule has 0 aliphatic rings. The number of rotatable bonds is 6. The molecule has 2 aromatic rings. The van der Waals surface area contributed by atoms with Crippen LogP contribution >= 0.6 is 0 Å². The molecule has 0 unspecified atom stereocenters. The molecule has 0 aliphatic carbocycles. The largest absolute Gasteiger partial charge is 0.369 e. The van der Waals surface area contributed by atoms with Gasteiger partial charge in [0.1, 0.15) is 0 Å². The van der Waals surface area contributed by atoms with Crippen molar-refractivity contribution >= 4 is 5.69 Å². The van der Waals surface area contributed by atoms with E-state index in [1.807, 2.05) is 0 Å². The highest BCUT2D eigenvalue weighted by Gasteiger charge is 2.09. The lowest BCUT2D eigenvalue weighted by Crippen LogP contribution is -2.31. The fraction of sp³-hybridized carbons (Fsp3) is 0.333. The zero-order chi connectivity index (χ0) is 13.5. The lowest BCUT2D eigenvalue weighted by Gasteiger charge is -2.29. The maximum Gasteiger partial charge on any atom is 0.0368 e. The Balaban J connectivity index is 1.92. The van der Waals surface area contributed by atoms with Gasteiger partial charge in [0.05, 0.1) is 0 Å². The molecule has 0 saturated heterocycles. The van der Waals surface area contributed by atoms with E-state index in [4.69, 9.17) is 0 Å². The third kappa shape index (κ3) is 4.13. The van der Waals surface area contributed by atoms with Gasteiger partial charge in [-0.1, -0.05) is 48.5 Å². The van der Waals surface area contributed by atoms with Crippen molar-refractivity contribution < 1.29 is 0 Å². The van der Waals surface area contributed by atoms with E-state index >= 15 is 0 Å². The molecule has 0 amide bonds. The van der Waals surface area contributed by atoms with E-state index in [9.17, 15) is 0 Å². The maximum absolute atomic E-state index is 2.48. The van der Waals surface area contributed by atoms with E-state index in [-0.39, 0.29) is 0 Å². The molecule has 0 saturated carbocycles. The van der Waals surface area contributed by atoms with Crippen LogP contribution < -0.4 is 4.90 Å². The number of nitrogens with zero attached hydrogens (tertiary/aromatic N) is 1. The average molecular weight is 253 g/mol. The molecular formula is C18H23N. The van der Waals surface area contributed by atoms with E-state index in [0.29, 0.717) is 6.04 Å². The first-order valence-electron chi connectivity index (χ1n) is 7.13. The number of hydrogen-bond donors (Lipinski definition) is 0. The van der Waals surface area contributed by atoms with Crippen LogP contribution in [0.3, 0.4) is 0 Å². The molecule has 0 N–H and O–H groups in total. The summed E-state index contributed by atoms with van der Waals surface area (Å²) >= 11 is 0. The van der Waals surface area contributed by atoms with Crippen LogP contribution in [0, 0.1) is 0 Å². The first-order chi connectivity index (χ1) is 9.27. The van der Waals surface area contributed by atoms with Crippen LogP contribution in [0.4, 0.5) is 5.69 Å². The van der Waals surface area contributed by atoms with E-state index in [0.717, 1.165) is 13.0 Å². The number of anilines is 1. The van der Waals surface area contributed by atoms with Gasteiger partial charge in [-0.2, -0.15) is 0 Å². The highest BCUT2D eigenvalue weighted by atomic mass is 15.1. The fourth-order valence-electron chi connectivity index (χ4n) is 2.40. The predicted octanol–water partition coefficient (Wildman–Crippen LogP) is 4.53. The summed E-state index contributed by atoms with van der Waals surface area (Å²) in [7, 11) is 0. The van der Waals surface area contributed by atoms with E-state index < -0.39 is 0 Å². The van der Waals surface area contributed by atoms with Crippen LogP contribution in [0.1, 0.15) is 25.8 Å². The van der Waals surface area contributed by atoms with Crippen LogP contribution in [-0.4, -0.2) is 12.6 Å². The lowest BCUT2D eigenvalue weighted by molar-refractivity contribution is 0.652. The average Bonchev–Trinajstić information content (AvgIpc) is 2.45. The Morgan fingerprint density at radius 3 is 2.00 bits per heavy atom. The Labute approximate surface area is 116 Å². The predicted molar refractivity (Wildman–Crippen MR) is 83.7 cm³/mol. The van der Waals surface area contributed by atoms with Gasteiger partial charge in [-0.15, -0.1) is 0 Å². The molecule has 0 bridgehead atoms. The molecular weight excluding hydrogens is 230 g/mol. The Kier molecular flexibility index (Phi) is 5.02. The molecule has 0 fully saturated rings. The topological polar surface area (TPSA) is 3.24 Å². The highest BCUT2D eigenvalue weighted by molar-refractivity contribution is 5.46. The molecule has 1 nitrogen and oxygen atoms in total. The Morgan fingerprint density at radius 1 is 0.842 bits per heavy atom. The van der Waals surface area contributed by atoms with Gasteiger partial charge in [0.25, 0.3) is 0 Å². The van der Waals surface area contributed by atoms with Gasteiger partial charge in [-0.3, -0.25) is 0 Å². The molecule has 19 heavy (non-hydrogen) atoms. The SMILES string of the molecule is CC(C)N(CCCc1ccccc1)c1ccccc1. The second-order valence-electron chi connectivity index (χ2n) is 5.21. The first-order valence-corrected chi connectivity index (χ1v) is 7.13. The minimum Gasteiger partial charge on any atom is -0.369 e. The van der Waals surface area contributed by atoms with Crippen LogP contribution in [0.5, 0.6) is 0 Å². The molecule has 2 rings (SSSR count). The van der Waals surface area contributed by atoms with Gasteiger partial charge in [-0.05, 0) is 44.4 Å². The number of para-hydroxylation sites is 1. The summed E-state index contributed by atoms with van der Waals surface area (Å²) in [6.07, 6.45) is 2.34. The Hall–Kier alpha value is -1.76. The van der Waals surface area contributed by atoms with Crippen LogP contribution in [0.2, 0.25) is 0 Å². The van der Waals surface area contributed by atoms with Crippen molar-refractivity contribution in [3.05, 3.63) is 66.2 Å². The summed E-state index contributed by atoms with van der Waals surface area (Å²) in [6, 6.07) is 22.0. The summed E-state index contributed by atoms with van der Waals surface area (Å²) in [6.45, 7) is 5.63. The zero-order valence-corrected chi connectivity index (χ0v) is 11.9. The van der Waals surface area contributed by atoms with Crippen molar-refractivity contribution in [2.24, 2.45) is 0 Å². The van der Waals surface area contributed by atoms with Crippen molar-refractivity contribution in [3.63, 3.8) is 0 Å². The van der Waals surface area contributed by atoms with Crippen LogP contribution in [-0.2, 0) is 6.42 Å². The third-order valence-electron chi connectivity index (χ3n) is 3.42. The van der Waals surface area contributed by atoms with Gasteiger partial charge in [0.15, 0.2) is 0 Å². The highest BCUT2D eigenvalue weighted by Crippen LogP contribution is 2.17. The van der Waals surface area contributed by atoms with E-state index in [2.05, 4.69) is 79.4 Å². The Bertz CT molecular complexity index is 462. The molecule has 0 aromatic heterocycles. The van der Waals surface area contributed by atoms with Gasteiger partial charge in [0.2, 0.25) is 0 Å². The molecule has 0 atom stereocenters. The smallest absolute Gasteiger partial charge is 0.0368 e. The van der Waals surface area contributed by atoms with Gasteiger partial charge in [0, 0.05) is 18.3 Å². The monoisotopic (exact) mass is 253 g/mol. The summed E-state index contributed by atoms with van der Waals surface area (Å²) in [5.74, 6) is 0. The number of benzene rings is 2. The number of aryl methyl sites for hydroxylation is 1. The summed E-state index contributed by atoms with van der Waals surface area (Å²) in [4.78, 5) is 2.48. The normalized spacial score (nSPS) is 10.7. The summed E-state index contributed by atoms with van der Waals surface area (Å²) < 4.78 is 0. The fourth-order valence-corrected chi connectivity index (χ4v) is 2.40. The van der Waals surface area contributed by atoms with Crippen molar-refractivity contribution in [3.8, 4) is 0 Å². The van der Waals surface area contributed by atoms with Gasteiger partial charge >= 0.3 is 0 Å². The van der Waals surface area contributed by atoms with Crippen molar-refractivity contribution in [1.82, 2.24) is 0 Å². The molecule has 100 valence electrons. The van der Waals surface area contributed by atoms with Crippen molar-refractivity contribution in [2.75, 3.05) is 11.4 Å². The van der Waals surface area contributed by atoms with E-state index in [1.54, 1.807) is 0 Å². The molecule has 0 spiro atoms. The van der Waals surface area contributed by atoms with Crippen LogP contribution in [0.25, 0.3) is 0 Å². The van der Waals surface area contributed by atoms with E-state index in [1.165, 1.54) is 17.7 Å². The minimum absolute atomic E-state index is 0.540. The summed E-state index contributed by atoms with van der Waals surface area (Å²) in [5.41, 5.74) is 2.75. The maximum atomic E-state index is 2.48. The third-order valence-corrected chi connectivity index (χ3v) is 3.42. The lowest BCUT2D eigenvalue weighted by atomic mass is 10.1. The first kappa shape index (κ1) is 13.7. The van der Waals surface area contributed by atoms with Crippen molar-refractivity contribution in [2.45, 2.75) is 32.7 Å². The second-order valence-corrected chi connectivity index (χ2v) is 5.21. The second kappa shape index (κ2) is 6.98. The molecule has 0 radical (unpaired) electrons.